The van der Waals surface area contributed by atoms with Crippen LogP contribution in [0.5, 0.6) is 0 Å². The van der Waals surface area contributed by atoms with E-state index in [-0.39, 0.29) is 24.2 Å². The quantitative estimate of drug-likeness (QED) is 0.203. The number of benzene rings is 3. The molecule has 0 amide bonds. The third-order valence-corrected chi connectivity index (χ3v) is 5.39. The average molecular weight is 491 g/mol. The second-order valence-electron chi connectivity index (χ2n) is 8.00. The number of hydrogen-bond donors (Lipinski definition) is 0. The third-order valence-electron chi connectivity index (χ3n) is 5.39. The van der Waals surface area contributed by atoms with Crippen LogP contribution >= 0.6 is 0 Å². The van der Waals surface area contributed by atoms with Crippen LogP contribution in [0.3, 0.4) is 0 Å². The molecule has 3 aromatic rings. The Balaban J connectivity index is 1.86. The van der Waals surface area contributed by atoms with E-state index in [1.54, 1.807) is 60.7 Å². The van der Waals surface area contributed by atoms with Crippen molar-refractivity contribution >= 4 is 24.7 Å². The maximum atomic E-state index is 12.8. The maximum absolute atomic E-state index is 12.8. The zero-order chi connectivity index (χ0) is 25.8. The fourth-order valence-corrected chi connectivity index (χ4v) is 3.43. The number of rotatable bonds is 13. The summed E-state index contributed by atoms with van der Waals surface area (Å²) in [5.41, 5.74) is -0.474. The minimum Gasteiger partial charge on any atom is -0.458 e. The van der Waals surface area contributed by atoms with Gasteiger partial charge in [0.1, 0.15) is 6.61 Å². The van der Waals surface area contributed by atoms with Gasteiger partial charge in [0, 0.05) is 0 Å². The van der Waals surface area contributed by atoms with Crippen molar-refractivity contribution in [3.8, 4) is 0 Å². The lowest BCUT2D eigenvalue weighted by atomic mass is 9.95. The summed E-state index contributed by atoms with van der Waals surface area (Å²) < 4.78 is 22.0. The first-order valence-corrected chi connectivity index (χ1v) is 11.2. The monoisotopic (exact) mass is 490 g/mol. The summed E-state index contributed by atoms with van der Waals surface area (Å²) >= 11 is 0. The Labute approximate surface area is 208 Å². The highest BCUT2D eigenvalue weighted by Gasteiger charge is 2.45. The molecule has 36 heavy (non-hydrogen) atoms. The molecule has 0 saturated carbocycles. The van der Waals surface area contributed by atoms with Gasteiger partial charge in [-0.2, -0.15) is 0 Å². The van der Waals surface area contributed by atoms with E-state index in [4.69, 9.17) is 18.9 Å². The molecule has 186 valence electrons. The SMILES string of the molecule is C[C@@](C=O)(OCc1ccccc1)[C@H](OC=O)[C@@H](COC(=O)c1ccccc1)OC(=O)c1ccccc1. The summed E-state index contributed by atoms with van der Waals surface area (Å²) in [7, 11) is 0. The van der Waals surface area contributed by atoms with Gasteiger partial charge in [-0.05, 0) is 36.8 Å². The molecule has 0 aliphatic rings. The lowest BCUT2D eigenvalue weighted by Gasteiger charge is -2.35. The Hall–Kier alpha value is -4.30. The van der Waals surface area contributed by atoms with Gasteiger partial charge in [-0.1, -0.05) is 66.7 Å². The number of esters is 2. The smallest absolute Gasteiger partial charge is 0.338 e. The van der Waals surface area contributed by atoms with Crippen molar-refractivity contribution in [2.75, 3.05) is 6.61 Å². The molecule has 0 aromatic heterocycles. The number of hydrogen-bond acceptors (Lipinski definition) is 8. The summed E-state index contributed by atoms with van der Waals surface area (Å²) in [6, 6.07) is 25.4. The molecule has 0 bridgehead atoms. The molecule has 0 aliphatic carbocycles. The van der Waals surface area contributed by atoms with Crippen molar-refractivity contribution in [3.63, 3.8) is 0 Å². The lowest BCUT2D eigenvalue weighted by Crippen LogP contribution is -2.54. The fourth-order valence-electron chi connectivity index (χ4n) is 3.43. The van der Waals surface area contributed by atoms with Crippen LogP contribution < -0.4 is 0 Å². The van der Waals surface area contributed by atoms with Crippen LogP contribution in [-0.4, -0.2) is 49.1 Å². The van der Waals surface area contributed by atoms with Gasteiger partial charge in [-0.15, -0.1) is 0 Å². The van der Waals surface area contributed by atoms with Gasteiger partial charge in [-0.3, -0.25) is 9.59 Å². The summed E-state index contributed by atoms with van der Waals surface area (Å²) in [6.07, 6.45) is -2.32. The Kier molecular flexibility index (Phi) is 9.48. The molecule has 0 unspecified atom stereocenters. The Morgan fingerprint density at radius 2 is 1.33 bits per heavy atom. The van der Waals surface area contributed by atoms with Crippen LogP contribution in [0.2, 0.25) is 0 Å². The normalized spacial score (nSPS) is 13.9. The van der Waals surface area contributed by atoms with Crippen LogP contribution in [0.15, 0.2) is 91.0 Å². The number of ether oxygens (including phenoxy) is 4. The molecule has 3 rings (SSSR count). The Morgan fingerprint density at radius 1 is 0.806 bits per heavy atom. The van der Waals surface area contributed by atoms with Gasteiger partial charge >= 0.3 is 11.9 Å². The molecular weight excluding hydrogens is 464 g/mol. The molecule has 8 heteroatoms. The molecule has 8 nitrogen and oxygen atoms in total. The number of carbonyl (C=O) groups excluding carboxylic acids is 4. The van der Waals surface area contributed by atoms with Gasteiger partial charge in [0.05, 0.1) is 17.7 Å². The molecular formula is C28H26O8. The van der Waals surface area contributed by atoms with Crippen molar-refractivity contribution in [1.29, 1.82) is 0 Å². The summed E-state index contributed by atoms with van der Waals surface area (Å²) in [5, 5.41) is 0. The van der Waals surface area contributed by atoms with E-state index in [1.165, 1.54) is 19.1 Å². The first kappa shape index (κ1) is 26.3. The second kappa shape index (κ2) is 13.0. The van der Waals surface area contributed by atoms with Gasteiger partial charge in [-0.25, -0.2) is 9.59 Å². The van der Waals surface area contributed by atoms with Crippen molar-refractivity contribution < 1.29 is 38.1 Å². The maximum Gasteiger partial charge on any atom is 0.338 e. The Bertz CT molecular complexity index is 1130. The van der Waals surface area contributed by atoms with E-state index in [9.17, 15) is 19.2 Å². The van der Waals surface area contributed by atoms with Crippen molar-refractivity contribution in [2.45, 2.75) is 31.3 Å². The summed E-state index contributed by atoms with van der Waals surface area (Å²) in [5.74, 6) is -1.44. The van der Waals surface area contributed by atoms with Gasteiger partial charge in [0.15, 0.2) is 24.1 Å². The Morgan fingerprint density at radius 3 is 1.86 bits per heavy atom. The minimum absolute atomic E-state index is 0.0119. The highest BCUT2D eigenvalue weighted by atomic mass is 16.6. The second-order valence-corrected chi connectivity index (χ2v) is 8.00. The number of aldehydes is 1. The van der Waals surface area contributed by atoms with Gasteiger partial charge < -0.3 is 18.9 Å². The van der Waals surface area contributed by atoms with Crippen LogP contribution in [0.1, 0.15) is 33.2 Å². The summed E-state index contributed by atoms with van der Waals surface area (Å²) in [4.78, 5) is 49.0. The molecule has 0 spiro atoms. The topological polar surface area (TPSA) is 105 Å². The molecule has 0 saturated heterocycles. The minimum atomic E-state index is -1.74. The zero-order valence-corrected chi connectivity index (χ0v) is 19.6. The molecule has 0 N–H and O–H groups in total. The number of carbonyl (C=O) groups is 4. The standard InChI is InChI=1S/C28H26O8/c1-28(19-29,35-17-21-11-5-2-6-12-21)25(34-20-30)24(36-27(32)23-15-9-4-10-16-23)18-33-26(31)22-13-7-3-8-14-22/h2-16,19-20,24-25H,17-18H2,1H3/t24-,25-,28+/m1/s1. The lowest BCUT2D eigenvalue weighted by molar-refractivity contribution is -0.183. The largest absolute Gasteiger partial charge is 0.458 e. The third kappa shape index (κ3) is 7.10. The van der Waals surface area contributed by atoms with Crippen LogP contribution in [0.4, 0.5) is 0 Å². The molecule has 0 aliphatic heterocycles. The fraction of sp³-hybridized carbons (Fsp3) is 0.214. The van der Waals surface area contributed by atoms with Gasteiger partial charge in [0.2, 0.25) is 0 Å². The molecule has 0 heterocycles. The molecule has 3 atom stereocenters. The molecule has 0 radical (unpaired) electrons. The first-order chi connectivity index (χ1) is 17.5. The first-order valence-electron chi connectivity index (χ1n) is 11.2. The van der Waals surface area contributed by atoms with E-state index in [1.807, 2.05) is 18.2 Å². The molecule has 3 aromatic carbocycles. The van der Waals surface area contributed by atoms with Crippen molar-refractivity contribution in [2.24, 2.45) is 0 Å². The predicted octanol–water partition coefficient (Wildman–Crippen LogP) is 3.79. The van der Waals surface area contributed by atoms with Gasteiger partial charge in [0.25, 0.3) is 6.47 Å². The van der Waals surface area contributed by atoms with E-state index in [2.05, 4.69) is 0 Å². The predicted molar refractivity (Wildman–Crippen MR) is 129 cm³/mol. The zero-order valence-electron chi connectivity index (χ0n) is 19.6. The highest BCUT2D eigenvalue weighted by molar-refractivity contribution is 5.90. The van der Waals surface area contributed by atoms with Crippen LogP contribution in [0, 0.1) is 0 Å². The van der Waals surface area contributed by atoms with E-state index >= 15 is 0 Å². The van der Waals surface area contributed by atoms with E-state index < -0.39 is 36.4 Å². The van der Waals surface area contributed by atoms with E-state index in [0.29, 0.717) is 6.29 Å². The van der Waals surface area contributed by atoms with Crippen molar-refractivity contribution in [1.82, 2.24) is 0 Å². The molecule has 0 fully saturated rings. The summed E-state index contributed by atoms with van der Waals surface area (Å²) in [6.45, 7) is 1.04. The van der Waals surface area contributed by atoms with Crippen LogP contribution in [-0.2, 0) is 35.1 Å². The van der Waals surface area contributed by atoms with Crippen molar-refractivity contribution in [3.05, 3.63) is 108 Å². The van der Waals surface area contributed by atoms with Crippen LogP contribution in [0.25, 0.3) is 0 Å². The van der Waals surface area contributed by atoms with E-state index in [0.717, 1.165) is 5.56 Å². The highest BCUT2D eigenvalue weighted by Crippen LogP contribution is 2.24. The average Bonchev–Trinajstić information content (AvgIpc) is 2.94.